The number of hydrogen-bond donors (Lipinski definition) is 0. The van der Waals surface area contributed by atoms with Gasteiger partial charge < -0.3 is 28.2 Å². The van der Waals surface area contributed by atoms with E-state index in [2.05, 4.69) is 0 Å². The number of ether oxygens (including phenoxy) is 3. The molecule has 46 heavy (non-hydrogen) atoms. The van der Waals surface area contributed by atoms with Crippen molar-refractivity contribution in [2.75, 3.05) is 19.6 Å². The summed E-state index contributed by atoms with van der Waals surface area (Å²) in [4.78, 5) is 82.2. The molecule has 0 N–H and O–H groups in total. The first-order valence-corrected chi connectivity index (χ1v) is 15.9. The largest absolute Gasteiger partial charge is 0.624 e. The van der Waals surface area contributed by atoms with Crippen molar-refractivity contribution in [1.29, 1.82) is 0 Å². The van der Waals surface area contributed by atoms with Crippen LogP contribution in [-0.4, -0.2) is 113 Å². The summed E-state index contributed by atoms with van der Waals surface area (Å²) in [6, 6.07) is -3.22. The standard InChI is InChI=1S/C30H49BN3O12/c1-28(2,3)41-25(38)32-16-10-13-19(32)22(35)44-31(45-23(36)20-14-11-17-33(20)26(39)42-29(4,5)6)46-24(37)21-15-12-18-34(21)27(40)43-30(7,8)9/h19-21,31H,10-18H2,1-9H3/q-1/t19-,20-,21-/m0/s1. The lowest BCUT2D eigenvalue weighted by Crippen LogP contribution is -2.50. The van der Waals surface area contributed by atoms with Crippen molar-refractivity contribution in [1.82, 2.24) is 14.7 Å². The van der Waals surface area contributed by atoms with Crippen LogP contribution in [0.15, 0.2) is 0 Å². The van der Waals surface area contributed by atoms with Crippen molar-refractivity contribution in [3.05, 3.63) is 0 Å². The molecule has 0 bridgehead atoms. The summed E-state index contributed by atoms with van der Waals surface area (Å²) in [6.07, 6.45) is 0.0408. The number of hydrogen-bond acceptors (Lipinski definition) is 12. The van der Waals surface area contributed by atoms with Crippen LogP contribution in [0.4, 0.5) is 14.4 Å². The van der Waals surface area contributed by atoms with Gasteiger partial charge in [0.2, 0.25) is 0 Å². The van der Waals surface area contributed by atoms with Crippen LogP contribution in [0.5, 0.6) is 0 Å². The molecule has 0 aliphatic carbocycles. The molecule has 0 radical (unpaired) electrons. The van der Waals surface area contributed by atoms with E-state index in [0.29, 0.717) is 19.3 Å². The maximum absolute atomic E-state index is 13.4. The summed E-state index contributed by atoms with van der Waals surface area (Å²) >= 11 is 0. The van der Waals surface area contributed by atoms with Crippen molar-refractivity contribution in [3.8, 4) is 0 Å². The summed E-state index contributed by atoms with van der Waals surface area (Å²) in [5.74, 6) is -2.85. The highest BCUT2D eigenvalue weighted by atomic mass is 16.8. The van der Waals surface area contributed by atoms with Gasteiger partial charge in [0.25, 0.3) is 17.9 Å². The van der Waals surface area contributed by atoms with Gasteiger partial charge in [0.1, 0.15) is 34.9 Å². The minimum Gasteiger partial charge on any atom is -0.624 e. The van der Waals surface area contributed by atoms with E-state index in [0.717, 1.165) is 0 Å². The molecule has 16 heteroatoms. The molecule has 0 aromatic carbocycles. The lowest BCUT2D eigenvalue weighted by Gasteiger charge is -2.35. The summed E-state index contributed by atoms with van der Waals surface area (Å²) in [7, 11) is -3.25. The normalized spacial score (nSPS) is 22.0. The van der Waals surface area contributed by atoms with Crippen LogP contribution in [0.2, 0.25) is 0 Å². The lowest BCUT2D eigenvalue weighted by atomic mass is 10.1. The highest BCUT2D eigenvalue weighted by Crippen LogP contribution is 2.26. The molecule has 0 saturated carbocycles. The molecule has 0 aromatic rings. The highest BCUT2D eigenvalue weighted by Gasteiger charge is 2.42. The van der Waals surface area contributed by atoms with Gasteiger partial charge in [-0.25, -0.2) is 14.4 Å². The van der Waals surface area contributed by atoms with Crippen molar-refractivity contribution < 1.29 is 56.9 Å². The van der Waals surface area contributed by atoms with Gasteiger partial charge in [-0.05, 0) is 101 Å². The van der Waals surface area contributed by atoms with Crippen molar-refractivity contribution in [2.24, 2.45) is 0 Å². The summed E-state index contributed by atoms with van der Waals surface area (Å²) < 4.78 is 32.8. The Kier molecular flexibility index (Phi) is 11.5. The third-order valence-corrected chi connectivity index (χ3v) is 7.24. The van der Waals surface area contributed by atoms with Crippen LogP contribution < -0.4 is 0 Å². The number of rotatable bonds is 6. The zero-order valence-electron chi connectivity index (χ0n) is 28.5. The van der Waals surface area contributed by atoms with Crippen LogP contribution in [0.25, 0.3) is 0 Å². The van der Waals surface area contributed by atoms with Crippen molar-refractivity contribution in [2.45, 2.75) is 136 Å². The molecule has 0 unspecified atom stereocenters. The SMILES string of the molecule is CC(C)(C)OC(=O)N1CCC[C@H]1C(=O)O[BH-](OC(=O)[C@@H]1CCCN1C(=O)OC(C)(C)C)OC(=O)[C@@H]1CCCN1C(=O)OC(C)(C)C. The Balaban J connectivity index is 1.80. The Morgan fingerprint density at radius 1 is 0.478 bits per heavy atom. The predicted molar refractivity (Wildman–Crippen MR) is 163 cm³/mol. The van der Waals surface area contributed by atoms with Crippen molar-refractivity contribution in [3.63, 3.8) is 0 Å². The molecule has 3 fully saturated rings. The van der Waals surface area contributed by atoms with Gasteiger partial charge in [-0.3, -0.25) is 29.1 Å². The zero-order valence-corrected chi connectivity index (χ0v) is 28.5. The van der Waals surface area contributed by atoms with Crippen LogP contribution >= 0.6 is 0 Å². The third-order valence-electron chi connectivity index (χ3n) is 7.24. The molecular formula is C30H49BN3O12-. The number of carbonyl (C=O) groups excluding carboxylic acids is 6. The summed E-state index contributed by atoms with van der Waals surface area (Å²) in [6.45, 7) is 15.9. The second-order valence-corrected chi connectivity index (χ2v) is 14.7. The van der Waals surface area contributed by atoms with Crippen LogP contribution in [0.1, 0.15) is 101 Å². The van der Waals surface area contributed by atoms with Crippen LogP contribution in [0, 0.1) is 0 Å². The quantitative estimate of drug-likeness (QED) is 0.302. The van der Waals surface area contributed by atoms with Crippen LogP contribution in [-0.2, 0) is 42.6 Å². The van der Waals surface area contributed by atoms with Crippen LogP contribution in [0.3, 0.4) is 0 Å². The maximum Gasteiger partial charge on any atom is 0.541 e. The van der Waals surface area contributed by atoms with Gasteiger partial charge >= 0.3 is 25.6 Å². The smallest absolute Gasteiger partial charge is 0.541 e. The molecule has 3 heterocycles. The van der Waals surface area contributed by atoms with Crippen molar-refractivity contribution >= 4 is 43.5 Å². The number of amides is 3. The fraction of sp³-hybridized carbons (Fsp3) is 0.800. The molecule has 0 spiro atoms. The molecule has 3 aliphatic heterocycles. The van der Waals surface area contributed by atoms with Gasteiger partial charge in [0, 0.05) is 19.6 Å². The summed E-state index contributed by atoms with van der Waals surface area (Å²) in [5.41, 5.74) is -2.43. The molecule has 0 aromatic heterocycles. The van der Waals surface area contributed by atoms with Gasteiger partial charge in [-0.15, -0.1) is 0 Å². The fourth-order valence-electron chi connectivity index (χ4n) is 5.38. The second-order valence-electron chi connectivity index (χ2n) is 14.7. The van der Waals surface area contributed by atoms with E-state index in [1.165, 1.54) is 14.7 Å². The second kappa shape index (κ2) is 14.4. The van der Waals surface area contributed by atoms with Gasteiger partial charge in [-0.1, -0.05) is 0 Å². The lowest BCUT2D eigenvalue weighted by molar-refractivity contribution is -0.153. The maximum atomic E-state index is 13.4. The van der Waals surface area contributed by atoms with E-state index in [1.807, 2.05) is 0 Å². The van der Waals surface area contributed by atoms with E-state index >= 15 is 0 Å². The molecule has 260 valence electrons. The molecule has 15 nitrogen and oxygen atoms in total. The Morgan fingerprint density at radius 2 is 0.717 bits per heavy atom. The van der Waals surface area contributed by atoms with E-state index < -0.39 is 78.4 Å². The summed E-state index contributed by atoms with van der Waals surface area (Å²) in [5, 5.41) is 0. The molecule has 3 aliphatic rings. The Bertz CT molecular complexity index is 1030. The Morgan fingerprint density at radius 3 is 0.935 bits per heavy atom. The minimum absolute atomic E-state index is 0.230. The van der Waals surface area contributed by atoms with Gasteiger partial charge in [-0.2, -0.15) is 0 Å². The van der Waals surface area contributed by atoms with E-state index in [4.69, 9.17) is 28.2 Å². The fourth-order valence-corrected chi connectivity index (χ4v) is 5.38. The monoisotopic (exact) mass is 654 g/mol. The molecule has 3 rings (SSSR count). The molecule has 3 saturated heterocycles. The molecular weight excluding hydrogens is 605 g/mol. The van der Waals surface area contributed by atoms with Gasteiger partial charge in [0.15, 0.2) is 0 Å². The highest BCUT2D eigenvalue weighted by molar-refractivity contribution is 6.44. The first-order chi connectivity index (χ1) is 21.1. The number of carbonyl (C=O) groups is 6. The van der Waals surface area contributed by atoms with E-state index in [9.17, 15) is 28.8 Å². The zero-order chi connectivity index (χ0) is 34.6. The first-order valence-electron chi connectivity index (χ1n) is 15.9. The first kappa shape index (κ1) is 36.7. The topological polar surface area (TPSA) is 168 Å². The molecule has 3 atom stereocenters. The predicted octanol–water partition coefficient (Wildman–Crippen LogP) is 3.53. The Labute approximate surface area is 270 Å². The third kappa shape index (κ3) is 10.4. The van der Waals surface area contributed by atoms with E-state index in [-0.39, 0.29) is 38.9 Å². The minimum atomic E-state index is -3.25. The average Bonchev–Trinajstić information content (AvgIpc) is 3.66. The number of nitrogens with zero attached hydrogens (tertiary/aromatic N) is 3. The van der Waals surface area contributed by atoms with E-state index in [1.54, 1.807) is 62.3 Å². The van der Waals surface area contributed by atoms with Gasteiger partial charge in [0.05, 0.1) is 0 Å². The average molecular weight is 655 g/mol. The number of likely N-dealkylation sites (tertiary alicyclic amines) is 3. The molecule has 3 amide bonds. The Hall–Kier alpha value is -3.72.